The lowest BCUT2D eigenvalue weighted by Crippen LogP contribution is -2.04. The summed E-state index contributed by atoms with van der Waals surface area (Å²) in [5.41, 5.74) is 1.34. The smallest absolute Gasteiger partial charge is 0.323 e. The molecule has 0 aliphatic carbocycles. The monoisotopic (exact) mass is 417 g/mol. The standard InChI is InChI=1S/C24H20ClN3O2/c1-29-23-26-22(25)27-24(28-23)30-12-3-2-5-15-13-18-10-8-16-6-4-7-17-9-11-19(14-15)21(18)20(16)17/h4,6-11,13-14H,2-3,5,12H2,1H3. The summed E-state index contributed by atoms with van der Waals surface area (Å²) in [4.78, 5) is 11.8. The third kappa shape index (κ3) is 3.57. The molecule has 0 radical (unpaired) electrons. The Labute approximate surface area is 179 Å². The van der Waals surface area contributed by atoms with Crippen LogP contribution in [0.1, 0.15) is 18.4 Å². The molecule has 0 atom stereocenters. The molecule has 0 spiro atoms. The van der Waals surface area contributed by atoms with Crippen LogP contribution in [0.2, 0.25) is 5.28 Å². The Morgan fingerprint density at radius 3 is 2.10 bits per heavy atom. The van der Waals surface area contributed by atoms with Crippen LogP contribution in [0, 0.1) is 0 Å². The first-order valence-electron chi connectivity index (χ1n) is 9.96. The molecule has 0 N–H and O–H groups in total. The molecule has 1 aromatic heterocycles. The van der Waals surface area contributed by atoms with E-state index in [0.29, 0.717) is 6.61 Å². The number of ether oxygens (including phenoxy) is 2. The molecule has 0 saturated heterocycles. The minimum atomic E-state index is 0.0609. The fourth-order valence-electron chi connectivity index (χ4n) is 4.03. The van der Waals surface area contributed by atoms with Crippen LogP contribution in [0.3, 0.4) is 0 Å². The van der Waals surface area contributed by atoms with Gasteiger partial charge in [0.2, 0.25) is 5.28 Å². The zero-order valence-corrected chi connectivity index (χ0v) is 17.3. The largest absolute Gasteiger partial charge is 0.467 e. The first-order chi connectivity index (χ1) is 14.7. The van der Waals surface area contributed by atoms with Crippen molar-refractivity contribution < 1.29 is 9.47 Å². The summed E-state index contributed by atoms with van der Waals surface area (Å²) in [5, 5.41) is 7.98. The highest BCUT2D eigenvalue weighted by Gasteiger charge is 2.09. The summed E-state index contributed by atoms with van der Waals surface area (Å²) in [7, 11) is 1.48. The van der Waals surface area contributed by atoms with Gasteiger partial charge in [-0.15, -0.1) is 4.98 Å². The molecule has 1 heterocycles. The molecule has 0 fully saturated rings. The normalized spacial score (nSPS) is 11.5. The van der Waals surface area contributed by atoms with E-state index in [9.17, 15) is 0 Å². The van der Waals surface area contributed by atoms with E-state index in [-0.39, 0.29) is 17.3 Å². The fourth-order valence-corrected chi connectivity index (χ4v) is 4.17. The van der Waals surface area contributed by atoms with E-state index in [2.05, 4.69) is 69.5 Å². The molecule has 0 amide bonds. The number of nitrogens with zero attached hydrogens (tertiary/aromatic N) is 3. The molecule has 0 aliphatic rings. The first-order valence-corrected chi connectivity index (χ1v) is 10.3. The Hall–Kier alpha value is -3.18. The lowest BCUT2D eigenvalue weighted by atomic mass is 9.92. The van der Waals surface area contributed by atoms with Crippen LogP contribution in [0.25, 0.3) is 32.3 Å². The minimum absolute atomic E-state index is 0.0609. The van der Waals surface area contributed by atoms with Crippen LogP contribution >= 0.6 is 11.6 Å². The summed E-state index contributed by atoms with van der Waals surface area (Å²) >= 11 is 5.84. The topological polar surface area (TPSA) is 57.1 Å². The van der Waals surface area contributed by atoms with Crippen LogP contribution in [0.5, 0.6) is 12.0 Å². The van der Waals surface area contributed by atoms with Gasteiger partial charge in [0, 0.05) is 0 Å². The molecule has 4 aromatic carbocycles. The fraction of sp³-hybridized carbons (Fsp3) is 0.208. The van der Waals surface area contributed by atoms with Crippen molar-refractivity contribution in [1.82, 2.24) is 15.0 Å². The lowest BCUT2D eigenvalue weighted by Gasteiger charge is -2.12. The highest BCUT2D eigenvalue weighted by molar-refractivity contribution is 6.28. The number of halogens is 1. The second-order valence-electron chi connectivity index (χ2n) is 7.31. The van der Waals surface area contributed by atoms with Gasteiger partial charge in [0.1, 0.15) is 0 Å². The lowest BCUT2D eigenvalue weighted by molar-refractivity contribution is 0.273. The van der Waals surface area contributed by atoms with E-state index >= 15 is 0 Å². The maximum absolute atomic E-state index is 5.84. The van der Waals surface area contributed by atoms with Crippen molar-refractivity contribution in [1.29, 1.82) is 0 Å². The van der Waals surface area contributed by atoms with Gasteiger partial charge in [-0.2, -0.15) is 9.97 Å². The van der Waals surface area contributed by atoms with Gasteiger partial charge in [-0.3, -0.25) is 0 Å². The van der Waals surface area contributed by atoms with Crippen LogP contribution in [0.15, 0.2) is 54.6 Å². The van der Waals surface area contributed by atoms with Gasteiger partial charge >= 0.3 is 12.0 Å². The molecule has 6 heteroatoms. The minimum Gasteiger partial charge on any atom is -0.467 e. The number of benzene rings is 4. The zero-order valence-electron chi connectivity index (χ0n) is 16.6. The number of rotatable bonds is 7. The molecule has 5 aromatic rings. The van der Waals surface area contributed by atoms with Crippen LogP contribution in [-0.4, -0.2) is 28.7 Å². The number of hydrogen-bond donors (Lipinski definition) is 0. The van der Waals surface area contributed by atoms with E-state index in [4.69, 9.17) is 21.1 Å². The van der Waals surface area contributed by atoms with Gasteiger partial charge in [-0.1, -0.05) is 54.6 Å². The van der Waals surface area contributed by atoms with Gasteiger partial charge in [0.25, 0.3) is 0 Å². The molecule has 0 bridgehead atoms. The Morgan fingerprint density at radius 1 is 0.767 bits per heavy atom. The quantitative estimate of drug-likeness (QED) is 0.246. The van der Waals surface area contributed by atoms with E-state index in [1.807, 2.05) is 0 Å². The van der Waals surface area contributed by atoms with Crippen LogP contribution < -0.4 is 9.47 Å². The molecule has 5 nitrogen and oxygen atoms in total. The number of unbranched alkanes of at least 4 members (excludes halogenated alkanes) is 1. The second-order valence-corrected chi connectivity index (χ2v) is 7.64. The van der Waals surface area contributed by atoms with Gasteiger partial charge in [-0.05, 0) is 68.7 Å². The number of aryl methyl sites for hydroxylation is 1. The molecule has 5 rings (SSSR count). The average molecular weight is 418 g/mol. The summed E-state index contributed by atoms with van der Waals surface area (Å²) in [6.45, 7) is 0.512. The molecule has 0 unspecified atom stereocenters. The number of methoxy groups -OCH3 is 1. The molecule has 150 valence electrons. The second kappa shape index (κ2) is 7.92. The SMILES string of the molecule is COc1nc(Cl)nc(OCCCCc2cc3ccc4cccc5ccc(c2)c3c45)n1. The summed E-state index contributed by atoms with van der Waals surface area (Å²) in [5.74, 6) is 0. The van der Waals surface area contributed by atoms with Gasteiger partial charge in [0.05, 0.1) is 13.7 Å². The molecular formula is C24H20ClN3O2. The van der Waals surface area contributed by atoms with Crippen LogP contribution in [-0.2, 0) is 6.42 Å². The average Bonchev–Trinajstić information content (AvgIpc) is 2.76. The van der Waals surface area contributed by atoms with Crippen molar-refractivity contribution in [2.45, 2.75) is 19.3 Å². The Bertz CT molecular complexity index is 1280. The molecule has 30 heavy (non-hydrogen) atoms. The summed E-state index contributed by atoms with van der Waals surface area (Å²) in [6, 6.07) is 20.4. The number of hydrogen-bond acceptors (Lipinski definition) is 5. The van der Waals surface area contributed by atoms with Gasteiger partial charge in [-0.25, -0.2) is 0 Å². The first kappa shape index (κ1) is 18.8. The van der Waals surface area contributed by atoms with E-state index in [1.54, 1.807) is 0 Å². The van der Waals surface area contributed by atoms with Gasteiger partial charge in [0.15, 0.2) is 0 Å². The van der Waals surface area contributed by atoms with Crippen LogP contribution in [0.4, 0.5) is 0 Å². The highest BCUT2D eigenvalue weighted by Crippen LogP contribution is 2.35. The summed E-state index contributed by atoms with van der Waals surface area (Å²) < 4.78 is 10.6. The van der Waals surface area contributed by atoms with Crippen molar-refractivity contribution in [2.24, 2.45) is 0 Å². The van der Waals surface area contributed by atoms with Crippen molar-refractivity contribution in [3.63, 3.8) is 0 Å². The Morgan fingerprint density at radius 2 is 1.40 bits per heavy atom. The zero-order chi connectivity index (χ0) is 20.5. The maximum atomic E-state index is 5.84. The van der Waals surface area contributed by atoms with Crippen molar-refractivity contribution >= 4 is 43.9 Å². The predicted octanol–water partition coefficient (Wildman–Crippen LogP) is 5.83. The Kier molecular flexibility index (Phi) is 4.97. The third-order valence-corrected chi connectivity index (χ3v) is 5.53. The predicted molar refractivity (Wildman–Crippen MR) is 120 cm³/mol. The molecular weight excluding hydrogens is 398 g/mol. The summed E-state index contributed by atoms with van der Waals surface area (Å²) in [6.07, 6.45) is 2.88. The Balaban J connectivity index is 1.27. The third-order valence-electron chi connectivity index (χ3n) is 5.36. The molecule has 0 aliphatic heterocycles. The van der Waals surface area contributed by atoms with Crippen molar-refractivity contribution in [2.75, 3.05) is 13.7 Å². The van der Waals surface area contributed by atoms with Crippen molar-refractivity contribution in [3.05, 3.63) is 65.4 Å². The number of aromatic nitrogens is 3. The van der Waals surface area contributed by atoms with E-state index in [1.165, 1.54) is 45.0 Å². The maximum Gasteiger partial charge on any atom is 0.323 e. The highest BCUT2D eigenvalue weighted by atomic mass is 35.5. The van der Waals surface area contributed by atoms with E-state index < -0.39 is 0 Å². The van der Waals surface area contributed by atoms with E-state index in [0.717, 1.165) is 19.3 Å². The molecule has 0 saturated carbocycles. The van der Waals surface area contributed by atoms with Gasteiger partial charge < -0.3 is 9.47 Å². The van der Waals surface area contributed by atoms with Crippen molar-refractivity contribution in [3.8, 4) is 12.0 Å².